The summed E-state index contributed by atoms with van der Waals surface area (Å²) in [4.78, 5) is 33.4. The fourth-order valence-corrected chi connectivity index (χ4v) is 4.49. The lowest BCUT2D eigenvalue weighted by Gasteiger charge is -2.22. The molecule has 0 fully saturated rings. The van der Waals surface area contributed by atoms with E-state index in [1.807, 2.05) is 0 Å². The van der Waals surface area contributed by atoms with Crippen LogP contribution >= 0.6 is 0 Å². The number of halogens is 3. The number of carbonyl (C=O) groups is 2. The van der Waals surface area contributed by atoms with Crippen LogP contribution in [0.4, 0.5) is 35.9 Å². The van der Waals surface area contributed by atoms with Crippen molar-refractivity contribution in [2.45, 2.75) is 6.36 Å². The molecule has 6 N–H and O–H groups in total. The summed E-state index contributed by atoms with van der Waals surface area (Å²) >= 11 is 0. The number of pyridine rings is 2. The number of alkyl halides is 3. The van der Waals surface area contributed by atoms with Gasteiger partial charge in [0.1, 0.15) is 0 Å². The molecule has 9 nitrogen and oxygen atoms in total. The second-order valence-electron chi connectivity index (χ2n) is 9.20. The van der Waals surface area contributed by atoms with E-state index >= 15 is 0 Å². The van der Waals surface area contributed by atoms with Gasteiger partial charge >= 0.3 is 6.36 Å². The van der Waals surface area contributed by atoms with Crippen LogP contribution in [-0.4, -0.2) is 28.1 Å². The van der Waals surface area contributed by atoms with Gasteiger partial charge in [-0.1, -0.05) is 24.3 Å². The Morgan fingerprint density at radius 2 is 1.09 bits per heavy atom. The summed E-state index contributed by atoms with van der Waals surface area (Å²) in [5.74, 6) is -3.15. The van der Waals surface area contributed by atoms with E-state index < -0.39 is 29.5 Å². The van der Waals surface area contributed by atoms with Crippen molar-refractivity contribution in [3.8, 4) is 28.0 Å². The summed E-state index contributed by atoms with van der Waals surface area (Å²) < 4.78 is 45.3. The van der Waals surface area contributed by atoms with E-state index in [0.29, 0.717) is 16.9 Å². The number of amides is 2. The van der Waals surface area contributed by atoms with Crippen molar-refractivity contribution >= 4 is 34.6 Å². The van der Waals surface area contributed by atoms with Crippen LogP contribution in [0.5, 0.6) is 5.75 Å². The van der Waals surface area contributed by atoms with Gasteiger partial charge in [0.2, 0.25) is 5.91 Å². The lowest BCUT2D eigenvalue weighted by atomic mass is 9.87. The lowest BCUT2D eigenvalue weighted by molar-refractivity contribution is -0.274. The zero-order valence-corrected chi connectivity index (χ0v) is 22.2. The van der Waals surface area contributed by atoms with Crippen molar-refractivity contribution in [3.63, 3.8) is 0 Å². The minimum absolute atomic E-state index is 0.0975. The molecule has 2 aromatic heterocycles. The molecule has 0 atom stereocenters. The molecule has 0 aliphatic heterocycles. The highest BCUT2D eigenvalue weighted by atomic mass is 19.4. The van der Waals surface area contributed by atoms with Crippen LogP contribution in [0.2, 0.25) is 0 Å². The molecule has 43 heavy (non-hydrogen) atoms. The summed E-state index contributed by atoms with van der Waals surface area (Å²) in [5.41, 5.74) is 13.5. The second-order valence-corrected chi connectivity index (χ2v) is 9.20. The molecule has 3 aromatic carbocycles. The first-order chi connectivity index (χ1) is 20.6. The molecule has 0 aliphatic rings. The first kappa shape index (κ1) is 28.6. The largest absolute Gasteiger partial charge is 0.573 e. The number of hydrogen-bond donors (Lipinski definition) is 4. The van der Waals surface area contributed by atoms with Crippen LogP contribution in [-0.2, 0) is 0 Å². The minimum Gasteiger partial charge on any atom is -0.404 e. The lowest BCUT2D eigenvalue weighted by Crippen LogP contribution is -2.24. The molecular weight excluding hydrogens is 561 g/mol. The molecule has 2 amide bonds. The third-order valence-electron chi connectivity index (χ3n) is 6.32. The maximum atomic E-state index is 13.7. The van der Waals surface area contributed by atoms with Gasteiger partial charge in [-0.25, -0.2) is 0 Å². The molecule has 0 saturated heterocycles. The van der Waals surface area contributed by atoms with E-state index in [9.17, 15) is 22.8 Å². The number of primary amides is 2. The highest BCUT2D eigenvalue weighted by Gasteiger charge is 2.36. The average molecular weight is 585 g/mol. The first-order valence-corrected chi connectivity index (χ1v) is 12.7. The normalized spacial score (nSPS) is 11.0. The number of nitrogens with two attached hydrogens (primary N) is 2. The Bertz CT molecular complexity index is 1760. The molecule has 0 saturated carbocycles. The van der Waals surface area contributed by atoms with E-state index in [1.165, 1.54) is 12.1 Å². The number of nitrogens with one attached hydrogen (secondary N) is 2. The number of anilines is 4. The third kappa shape index (κ3) is 6.70. The summed E-state index contributed by atoms with van der Waals surface area (Å²) in [6.07, 6.45) is 1.22. The Balaban J connectivity index is 1.66. The molecule has 5 aromatic rings. The third-order valence-corrected chi connectivity index (χ3v) is 6.32. The van der Waals surface area contributed by atoms with Crippen molar-refractivity contribution in [1.29, 1.82) is 0 Å². The highest BCUT2D eigenvalue weighted by Crippen LogP contribution is 2.44. The van der Waals surface area contributed by atoms with Crippen LogP contribution in [0.1, 0.15) is 20.7 Å². The number of hydrogen-bond acceptors (Lipinski definition) is 7. The average Bonchev–Trinajstić information content (AvgIpc) is 2.98. The number of ether oxygens (including phenoxy) is 1. The van der Waals surface area contributed by atoms with E-state index in [0.717, 1.165) is 17.4 Å². The van der Waals surface area contributed by atoms with Crippen molar-refractivity contribution in [3.05, 3.63) is 115 Å². The maximum absolute atomic E-state index is 13.7. The van der Waals surface area contributed by atoms with Gasteiger partial charge in [-0.2, -0.15) is 0 Å². The number of nitrogens with zero attached hydrogens (tertiary/aromatic N) is 2. The maximum Gasteiger partial charge on any atom is 0.573 e. The Labute approximate surface area is 243 Å². The summed E-state index contributed by atoms with van der Waals surface area (Å²) in [6, 6.07) is 20.9. The quantitative estimate of drug-likeness (QED) is 0.157. The Morgan fingerprint density at radius 1 is 0.651 bits per heavy atom. The van der Waals surface area contributed by atoms with Crippen molar-refractivity contribution in [1.82, 2.24) is 9.97 Å². The van der Waals surface area contributed by atoms with E-state index in [4.69, 9.17) is 11.5 Å². The van der Waals surface area contributed by atoms with Gasteiger partial charge in [-0.3, -0.25) is 19.6 Å². The van der Waals surface area contributed by atoms with Gasteiger partial charge in [-0.05, 0) is 71.3 Å². The fourth-order valence-electron chi connectivity index (χ4n) is 4.49. The molecule has 2 heterocycles. The highest BCUT2D eigenvalue weighted by molar-refractivity contribution is 6.11. The molecule has 0 unspecified atom stereocenters. The summed E-state index contributed by atoms with van der Waals surface area (Å²) in [7, 11) is 0. The Morgan fingerprint density at radius 3 is 1.51 bits per heavy atom. The molecule has 0 aliphatic carbocycles. The van der Waals surface area contributed by atoms with Crippen LogP contribution in [0.15, 0.2) is 104 Å². The SMILES string of the molecule is NC(=O)c1cc(-c2ccc(Nc3ccncc3)cc2)c(C(N)=O)c(-c2ccc(Nc3ccncc3)cc2)c1OC(F)(F)F. The fraction of sp³-hybridized carbons (Fsp3) is 0.0323. The Kier molecular flexibility index (Phi) is 7.92. The molecule has 5 rings (SSSR count). The predicted molar refractivity (Wildman–Crippen MR) is 156 cm³/mol. The number of carbonyl (C=O) groups excluding carboxylic acids is 2. The van der Waals surface area contributed by atoms with Gasteiger partial charge in [0, 0.05) is 53.1 Å². The first-order valence-electron chi connectivity index (χ1n) is 12.7. The van der Waals surface area contributed by atoms with Gasteiger partial charge in [0.05, 0.1) is 11.1 Å². The van der Waals surface area contributed by atoms with E-state index in [-0.39, 0.29) is 22.3 Å². The second kappa shape index (κ2) is 11.9. The zero-order chi connectivity index (χ0) is 30.6. The smallest absolute Gasteiger partial charge is 0.404 e. The predicted octanol–water partition coefficient (Wildman–Crippen LogP) is 6.39. The minimum atomic E-state index is -5.21. The van der Waals surface area contributed by atoms with Crippen molar-refractivity contribution < 1.29 is 27.5 Å². The number of benzene rings is 3. The number of aromatic nitrogens is 2. The summed E-state index contributed by atoms with van der Waals surface area (Å²) in [5, 5.41) is 6.32. The molecule has 0 radical (unpaired) electrons. The molecule has 12 heteroatoms. The Hall–Kier alpha value is -5.91. The molecule has 216 valence electrons. The topological polar surface area (TPSA) is 145 Å². The van der Waals surface area contributed by atoms with Gasteiger partial charge in [0.15, 0.2) is 5.75 Å². The number of rotatable bonds is 9. The standard InChI is InChI=1S/C31H23F3N6O3/c32-31(33,34)43-28-25(29(35)41)17-24(18-1-5-20(6-2-18)39-22-9-13-37-14-10-22)27(30(36)42)26(28)19-3-7-21(8-4-19)40-23-11-15-38-16-12-23/h1-17H,(H2,35,41)(H2,36,42)(H,37,39)(H,38,40). The van der Waals surface area contributed by atoms with Crippen LogP contribution in [0.25, 0.3) is 22.3 Å². The monoisotopic (exact) mass is 584 g/mol. The van der Waals surface area contributed by atoms with Crippen LogP contribution in [0, 0.1) is 0 Å². The van der Waals surface area contributed by atoms with Gasteiger partial charge in [0.25, 0.3) is 5.91 Å². The van der Waals surface area contributed by atoms with Crippen molar-refractivity contribution in [2.24, 2.45) is 11.5 Å². The summed E-state index contributed by atoms with van der Waals surface area (Å²) in [6.45, 7) is 0. The van der Waals surface area contributed by atoms with Gasteiger partial charge < -0.3 is 26.8 Å². The van der Waals surface area contributed by atoms with Crippen LogP contribution in [0.3, 0.4) is 0 Å². The molecule has 0 bridgehead atoms. The van der Waals surface area contributed by atoms with E-state index in [1.54, 1.807) is 85.5 Å². The van der Waals surface area contributed by atoms with Crippen LogP contribution < -0.4 is 26.8 Å². The molecule has 0 spiro atoms. The van der Waals surface area contributed by atoms with E-state index in [2.05, 4.69) is 25.3 Å². The molecular formula is C31H23F3N6O3. The zero-order valence-electron chi connectivity index (χ0n) is 22.2. The van der Waals surface area contributed by atoms with Gasteiger partial charge in [-0.15, -0.1) is 13.2 Å². The van der Waals surface area contributed by atoms with Crippen molar-refractivity contribution in [2.75, 3.05) is 10.6 Å².